The van der Waals surface area contributed by atoms with Crippen molar-refractivity contribution in [2.24, 2.45) is 0 Å². The summed E-state index contributed by atoms with van der Waals surface area (Å²) in [7, 11) is 1.82. The van der Waals surface area contributed by atoms with Crippen molar-refractivity contribution in [2.75, 3.05) is 18.9 Å². The van der Waals surface area contributed by atoms with E-state index in [2.05, 4.69) is 61.2 Å². The first-order chi connectivity index (χ1) is 12.3. The molecule has 0 saturated heterocycles. The summed E-state index contributed by atoms with van der Waals surface area (Å²) in [5.74, 6) is 0.776. The highest BCUT2D eigenvalue weighted by atomic mass is 16.2. The molecule has 0 aliphatic heterocycles. The van der Waals surface area contributed by atoms with Gasteiger partial charge in [-0.15, -0.1) is 0 Å². The fraction of sp³-hybridized carbons (Fsp3) is 0.476. The summed E-state index contributed by atoms with van der Waals surface area (Å²) in [6.45, 7) is 11.1. The Bertz CT molecular complexity index is 771. The van der Waals surface area contributed by atoms with Gasteiger partial charge >= 0.3 is 0 Å². The molecule has 140 valence electrons. The molecule has 2 rings (SSSR count). The van der Waals surface area contributed by atoms with Crippen LogP contribution in [0.3, 0.4) is 0 Å². The summed E-state index contributed by atoms with van der Waals surface area (Å²) >= 11 is 0. The predicted octanol–water partition coefficient (Wildman–Crippen LogP) is 4.83. The largest absolute Gasteiger partial charge is 0.340 e. The molecule has 0 radical (unpaired) electrons. The van der Waals surface area contributed by atoms with Crippen LogP contribution in [0.1, 0.15) is 66.8 Å². The number of aromatic nitrogens is 2. The minimum atomic E-state index is -0.0686. The second kappa shape index (κ2) is 8.79. The Morgan fingerprint density at radius 3 is 2.62 bits per heavy atom. The predicted molar refractivity (Wildman–Crippen MR) is 107 cm³/mol. The molecule has 0 spiro atoms. The van der Waals surface area contributed by atoms with Gasteiger partial charge < -0.3 is 10.2 Å². The maximum atomic E-state index is 12.7. The zero-order chi connectivity index (χ0) is 19.3. The Morgan fingerprint density at radius 1 is 1.23 bits per heavy atom. The minimum Gasteiger partial charge on any atom is -0.340 e. The van der Waals surface area contributed by atoms with Gasteiger partial charge in [0.2, 0.25) is 5.95 Å². The minimum absolute atomic E-state index is 0.0686. The Labute approximate surface area is 156 Å². The third-order valence-electron chi connectivity index (χ3n) is 4.43. The van der Waals surface area contributed by atoms with Crippen LogP contribution >= 0.6 is 0 Å². The van der Waals surface area contributed by atoms with Crippen LogP contribution in [-0.4, -0.2) is 34.4 Å². The molecule has 26 heavy (non-hydrogen) atoms. The van der Waals surface area contributed by atoms with Crippen molar-refractivity contribution in [1.82, 2.24) is 14.9 Å². The van der Waals surface area contributed by atoms with E-state index in [4.69, 9.17) is 0 Å². The molecule has 0 aliphatic rings. The first kappa shape index (κ1) is 19.9. The first-order valence-electron chi connectivity index (χ1n) is 9.31. The number of anilines is 2. The van der Waals surface area contributed by atoms with E-state index < -0.39 is 0 Å². The van der Waals surface area contributed by atoms with Gasteiger partial charge in [0.1, 0.15) is 5.69 Å². The SMILES string of the molecule is CCCCN(C)C(=O)c1cc(C)nc(Nc2c(C)cccc2C(C)C)n1. The Morgan fingerprint density at radius 2 is 1.96 bits per heavy atom. The van der Waals surface area contributed by atoms with Crippen molar-refractivity contribution < 1.29 is 4.79 Å². The third kappa shape index (κ3) is 4.81. The van der Waals surface area contributed by atoms with Gasteiger partial charge in [-0.2, -0.15) is 0 Å². The van der Waals surface area contributed by atoms with Crippen LogP contribution in [0.5, 0.6) is 0 Å². The van der Waals surface area contributed by atoms with Crippen molar-refractivity contribution in [2.45, 2.75) is 53.4 Å². The van der Waals surface area contributed by atoms with Crippen molar-refractivity contribution in [3.8, 4) is 0 Å². The number of para-hydroxylation sites is 1. The molecule has 0 bridgehead atoms. The van der Waals surface area contributed by atoms with Crippen LogP contribution in [0.2, 0.25) is 0 Å². The standard InChI is InChI=1S/C21H30N4O/c1-7-8-12-25(6)20(26)18-13-16(5)22-21(23-18)24-19-15(4)10-9-11-17(19)14(2)3/h9-11,13-14H,7-8,12H2,1-6H3,(H,22,23,24). The van der Waals surface area contributed by atoms with Crippen molar-refractivity contribution in [1.29, 1.82) is 0 Å². The smallest absolute Gasteiger partial charge is 0.272 e. The lowest BCUT2D eigenvalue weighted by atomic mass is 9.98. The van der Waals surface area contributed by atoms with Crippen LogP contribution in [0.4, 0.5) is 11.6 Å². The number of hydrogen-bond donors (Lipinski definition) is 1. The number of nitrogens with zero attached hydrogens (tertiary/aromatic N) is 3. The molecule has 0 unspecified atom stereocenters. The molecule has 1 aromatic carbocycles. The van der Waals surface area contributed by atoms with Gasteiger partial charge in [-0.25, -0.2) is 9.97 Å². The van der Waals surface area contributed by atoms with Gasteiger partial charge in [-0.1, -0.05) is 45.4 Å². The van der Waals surface area contributed by atoms with Crippen LogP contribution in [0.25, 0.3) is 0 Å². The van der Waals surface area contributed by atoms with Gasteiger partial charge in [0.15, 0.2) is 0 Å². The van der Waals surface area contributed by atoms with Crippen molar-refractivity contribution in [3.05, 3.63) is 46.8 Å². The summed E-state index contributed by atoms with van der Waals surface area (Å²) < 4.78 is 0. The molecule has 0 aliphatic carbocycles. The average molecular weight is 354 g/mol. The van der Waals surface area contributed by atoms with E-state index >= 15 is 0 Å². The number of unbranched alkanes of at least 4 members (excludes halogenated alkanes) is 1. The van der Waals surface area contributed by atoms with E-state index in [1.54, 1.807) is 11.0 Å². The lowest BCUT2D eigenvalue weighted by molar-refractivity contribution is 0.0787. The number of benzene rings is 1. The highest BCUT2D eigenvalue weighted by Gasteiger charge is 2.16. The second-order valence-corrected chi connectivity index (χ2v) is 7.12. The molecule has 0 fully saturated rings. The lowest BCUT2D eigenvalue weighted by Crippen LogP contribution is -2.28. The first-order valence-corrected chi connectivity index (χ1v) is 9.31. The van der Waals surface area contributed by atoms with Gasteiger partial charge in [-0.05, 0) is 43.4 Å². The number of carbonyl (C=O) groups excluding carboxylic acids is 1. The quantitative estimate of drug-likeness (QED) is 0.773. The molecule has 1 N–H and O–H groups in total. The molecule has 5 heteroatoms. The zero-order valence-corrected chi connectivity index (χ0v) is 16.8. The van der Waals surface area contributed by atoms with Gasteiger partial charge in [0.25, 0.3) is 5.91 Å². The molecule has 1 amide bonds. The number of aryl methyl sites for hydroxylation is 2. The summed E-state index contributed by atoms with van der Waals surface area (Å²) in [5, 5.41) is 3.35. The molecular weight excluding hydrogens is 324 g/mol. The van der Waals surface area contributed by atoms with E-state index in [0.29, 0.717) is 17.6 Å². The molecular formula is C21H30N4O. The monoisotopic (exact) mass is 354 g/mol. The van der Waals surface area contributed by atoms with E-state index in [-0.39, 0.29) is 5.91 Å². The van der Waals surface area contributed by atoms with Crippen LogP contribution in [0, 0.1) is 13.8 Å². The number of amides is 1. The van der Waals surface area contributed by atoms with Crippen LogP contribution in [0.15, 0.2) is 24.3 Å². The summed E-state index contributed by atoms with van der Waals surface area (Å²) in [6.07, 6.45) is 2.04. The van der Waals surface area contributed by atoms with Crippen molar-refractivity contribution in [3.63, 3.8) is 0 Å². The molecule has 5 nitrogen and oxygen atoms in total. The zero-order valence-electron chi connectivity index (χ0n) is 16.8. The van der Waals surface area contributed by atoms with Crippen LogP contribution in [-0.2, 0) is 0 Å². The fourth-order valence-electron chi connectivity index (χ4n) is 2.88. The van der Waals surface area contributed by atoms with E-state index in [1.807, 2.05) is 14.0 Å². The molecule has 0 atom stereocenters. The fourth-order valence-corrected chi connectivity index (χ4v) is 2.88. The number of nitrogens with one attached hydrogen (secondary N) is 1. The molecule has 0 saturated carbocycles. The number of carbonyl (C=O) groups is 1. The molecule has 1 heterocycles. The molecule has 1 aromatic heterocycles. The van der Waals surface area contributed by atoms with Gasteiger partial charge in [0.05, 0.1) is 0 Å². The average Bonchev–Trinajstić information content (AvgIpc) is 2.60. The maximum absolute atomic E-state index is 12.7. The highest BCUT2D eigenvalue weighted by molar-refractivity contribution is 5.92. The van der Waals surface area contributed by atoms with E-state index in [0.717, 1.165) is 36.3 Å². The molecule has 2 aromatic rings. The third-order valence-corrected chi connectivity index (χ3v) is 4.43. The topological polar surface area (TPSA) is 58.1 Å². The lowest BCUT2D eigenvalue weighted by Gasteiger charge is -2.18. The van der Waals surface area contributed by atoms with Crippen LogP contribution < -0.4 is 5.32 Å². The highest BCUT2D eigenvalue weighted by Crippen LogP contribution is 2.29. The van der Waals surface area contributed by atoms with Gasteiger partial charge in [0, 0.05) is 25.0 Å². The second-order valence-electron chi connectivity index (χ2n) is 7.12. The summed E-state index contributed by atoms with van der Waals surface area (Å²) in [4.78, 5) is 23.3. The Balaban J connectivity index is 2.33. The summed E-state index contributed by atoms with van der Waals surface area (Å²) in [6, 6.07) is 7.98. The van der Waals surface area contributed by atoms with E-state index in [1.165, 1.54) is 5.56 Å². The normalized spacial score (nSPS) is 10.9. The Kier molecular flexibility index (Phi) is 6.72. The summed E-state index contributed by atoms with van der Waals surface area (Å²) in [5.41, 5.74) is 4.57. The number of rotatable bonds is 7. The van der Waals surface area contributed by atoms with Crippen molar-refractivity contribution >= 4 is 17.5 Å². The Hall–Kier alpha value is -2.43. The number of hydrogen-bond acceptors (Lipinski definition) is 4. The maximum Gasteiger partial charge on any atom is 0.272 e. The van der Waals surface area contributed by atoms with E-state index in [9.17, 15) is 4.79 Å². The van der Waals surface area contributed by atoms with Gasteiger partial charge in [-0.3, -0.25) is 4.79 Å².